The Morgan fingerprint density at radius 2 is 1.88 bits per heavy atom. The molecule has 2 aromatic carbocycles. The predicted molar refractivity (Wildman–Crippen MR) is 95.6 cm³/mol. The number of hydrogen-bond donors (Lipinski definition) is 3. The number of benzene rings is 2. The molecule has 0 spiro atoms. The second-order valence-corrected chi connectivity index (χ2v) is 5.38. The van der Waals surface area contributed by atoms with Gasteiger partial charge in [0.2, 0.25) is 0 Å². The van der Waals surface area contributed by atoms with E-state index in [4.69, 9.17) is 33.8 Å². The third-order valence-electron chi connectivity index (χ3n) is 2.78. The molecule has 0 aliphatic heterocycles. The number of rotatable bonds is 4. The van der Waals surface area contributed by atoms with E-state index in [0.29, 0.717) is 16.3 Å². The van der Waals surface area contributed by atoms with E-state index in [2.05, 4.69) is 16.2 Å². The van der Waals surface area contributed by atoms with Crippen LogP contribution in [0.2, 0.25) is 5.02 Å². The maximum Gasteiger partial charge on any atom is 0.276 e. The summed E-state index contributed by atoms with van der Waals surface area (Å²) in [7, 11) is 0. The fourth-order valence-electron chi connectivity index (χ4n) is 1.69. The molecule has 0 radical (unpaired) electrons. The summed E-state index contributed by atoms with van der Waals surface area (Å²) in [6.07, 6.45) is 0. The highest BCUT2D eigenvalue weighted by atomic mass is 35.5. The molecule has 1 amide bonds. The Kier molecular flexibility index (Phi) is 6.37. The summed E-state index contributed by atoms with van der Waals surface area (Å²) < 4.78 is 5.30. The molecule has 3 N–H and O–H groups in total. The van der Waals surface area contributed by atoms with Crippen LogP contribution < -0.4 is 20.9 Å². The van der Waals surface area contributed by atoms with Crippen LogP contribution in [-0.4, -0.2) is 17.6 Å². The zero-order chi connectivity index (χ0) is 17.4. The van der Waals surface area contributed by atoms with Gasteiger partial charge in [-0.1, -0.05) is 23.7 Å². The molecule has 0 unspecified atom stereocenters. The number of thiocarbonyl (C=S) groups is 1. The van der Waals surface area contributed by atoms with Crippen LogP contribution in [0.1, 0.15) is 5.56 Å². The maximum absolute atomic E-state index is 11.7. The van der Waals surface area contributed by atoms with Gasteiger partial charge in [-0.05, 0) is 48.6 Å². The molecular formula is C16H13ClN4O2S. The first kappa shape index (κ1) is 17.5. The number of nitriles is 1. The van der Waals surface area contributed by atoms with Crippen LogP contribution in [-0.2, 0) is 4.79 Å². The van der Waals surface area contributed by atoms with E-state index in [1.54, 1.807) is 48.5 Å². The van der Waals surface area contributed by atoms with E-state index in [0.717, 1.165) is 5.69 Å². The van der Waals surface area contributed by atoms with Crippen molar-refractivity contribution >= 4 is 40.5 Å². The van der Waals surface area contributed by atoms with Crippen molar-refractivity contribution < 1.29 is 9.53 Å². The van der Waals surface area contributed by atoms with Crippen LogP contribution in [0.3, 0.4) is 0 Å². The van der Waals surface area contributed by atoms with Crippen LogP contribution in [0.4, 0.5) is 5.69 Å². The first-order chi connectivity index (χ1) is 11.6. The SMILES string of the molecule is N#Cc1ccccc1OCC(=O)NNC(=S)Nc1ccc(Cl)cc1. The summed E-state index contributed by atoms with van der Waals surface area (Å²) in [5, 5.41) is 12.6. The first-order valence-corrected chi connectivity index (χ1v) is 7.60. The molecule has 0 heterocycles. The number of halogens is 1. The Bertz CT molecular complexity index is 774. The smallest absolute Gasteiger partial charge is 0.276 e. The lowest BCUT2D eigenvalue weighted by Gasteiger charge is -2.12. The van der Waals surface area contributed by atoms with Crippen molar-refractivity contribution in [2.75, 3.05) is 11.9 Å². The summed E-state index contributed by atoms with van der Waals surface area (Å²) >= 11 is 10.8. The third-order valence-corrected chi connectivity index (χ3v) is 3.24. The normalized spacial score (nSPS) is 9.50. The number of ether oxygens (including phenoxy) is 1. The average Bonchev–Trinajstić information content (AvgIpc) is 2.60. The van der Waals surface area contributed by atoms with Gasteiger partial charge in [0.15, 0.2) is 11.7 Å². The first-order valence-electron chi connectivity index (χ1n) is 6.82. The van der Waals surface area contributed by atoms with E-state index < -0.39 is 5.91 Å². The molecule has 8 heteroatoms. The molecule has 0 fully saturated rings. The molecule has 6 nitrogen and oxygen atoms in total. The summed E-state index contributed by atoms with van der Waals surface area (Å²) in [4.78, 5) is 11.7. The predicted octanol–water partition coefficient (Wildman–Crippen LogP) is 2.61. The lowest BCUT2D eigenvalue weighted by Crippen LogP contribution is -2.45. The molecule has 0 aliphatic carbocycles. The highest BCUT2D eigenvalue weighted by molar-refractivity contribution is 7.80. The molecule has 0 atom stereocenters. The van der Waals surface area contributed by atoms with Crippen LogP contribution in [0.15, 0.2) is 48.5 Å². The van der Waals surface area contributed by atoms with Gasteiger partial charge in [-0.15, -0.1) is 0 Å². The Morgan fingerprint density at radius 3 is 2.58 bits per heavy atom. The van der Waals surface area contributed by atoms with Crippen molar-refractivity contribution in [1.29, 1.82) is 5.26 Å². The second-order valence-electron chi connectivity index (χ2n) is 4.53. The van der Waals surface area contributed by atoms with Crippen LogP contribution >= 0.6 is 23.8 Å². The molecule has 0 bridgehead atoms. The van der Waals surface area contributed by atoms with Crippen LogP contribution in [0.5, 0.6) is 5.75 Å². The summed E-state index contributed by atoms with van der Waals surface area (Å²) in [5.74, 6) is -0.0972. The maximum atomic E-state index is 11.7. The summed E-state index contributed by atoms with van der Waals surface area (Å²) in [5.41, 5.74) is 6.03. The topological polar surface area (TPSA) is 86.2 Å². The number of amides is 1. The molecule has 122 valence electrons. The quantitative estimate of drug-likeness (QED) is 0.574. The van der Waals surface area contributed by atoms with Crippen molar-refractivity contribution in [2.24, 2.45) is 0 Å². The van der Waals surface area contributed by atoms with Gasteiger partial charge in [0.25, 0.3) is 5.91 Å². The molecule has 0 saturated heterocycles. The summed E-state index contributed by atoms with van der Waals surface area (Å²) in [6, 6.07) is 15.6. The number of anilines is 1. The van der Waals surface area contributed by atoms with E-state index in [1.807, 2.05) is 6.07 Å². The van der Waals surface area contributed by atoms with Gasteiger partial charge in [-0.25, -0.2) is 0 Å². The van der Waals surface area contributed by atoms with E-state index in [-0.39, 0.29) is 11.7 Å². The Morgan fingerprint density at radius 1 is 1.17 bits per heavy atom. The zero-order valence-corrected chi connectivity index (χ0v) is 13.9. The fraction of sp³-hybridized carbons (Fsp3) is 0.0625. The minimum Gasteiger partial charge on any atom is -0.482 e. The second kappa shape index (κ2) is 8.72. The van der Waals surface area contributed by atoms with Crippen molar-refractivity contribution in [1.82, 2.24) is 10.9 Å². The van der Waals surface area contributed by atoms with Crippen molar-refractivity contribution in [3.8, 4) is 11.8 Å². The highest BCUT2D eigenvalue weighted by Gasteiger charge is 2.06. The van der Waals surface area contributed by atoms with Crippen LogP contribution in [0.25, 0.3) is 0 Å². The van der Waals surface area contributed by atoms with Gasteiger partial charge >= 0.3 is 0 Å². The minimum atomic E-state index is -0.442. The number of nitrogens with one attached hydrogen (secondary N) is 3. The highest BCUT2D eigenvalue weighted by Crippen LogP contribution is 2.16. The average molecular weight is 361 g/mol. The van der Waals surface area contributed by atoms with Crippen molar-refractivity contribution in [3.63, 3.8) is 0 Å². The van der Waals surface area contributed by atoms with Gasteiger partial charge in [0.05, 0.1) is 5.56 Å². The number of nitrogens with zero attached hydrogens (tertiary/aromatic N) is 1. The molecule has 0 saturated carbocycles. The molecule has 0 aliphatic rings. The van der Waals surface area contributed by atoms with Gasteiger partial charge in [0.1, 0.15) is 11.8 Å². The molecule has 2 aromatic rings. The van der Waals surface area contributed by atoms with E-state index in [9.17, 15) is 4.79 Å². The molecule has 2 rings (SSSR count). The zero-order valence-electron chi connectivity index (χ0n) is 12.4. The van der Waals surface area contributed by atoms with Gasteiger partial charge in [-0.3, -0.25) is 15.6 Å². The Hall–Kier alpha value is -2.82. The van der Waals surface area contributed by atoms with Gasteiger partial charge in [-0.2, -0.15) is 5.26 Å². The molecule has 0 aromatic heterocycles. The third kappa shape index (κ3) is 5.43. The number of carbonyl (C=O) groups excluding carboxylic acids is 1. The van der Waals surface area contributed by atoms with Crippen molar-refractivity contribution in [3.05, 3.63) is 59.1 Å². The standard InChI is InChI=1S/C16H13ClN4O2S/c17-12-5-7-13(8-6-12)19-16(24)21-20-15(22)10-23-14-4-2-1-3-11(14)9-18/h1-8H,10H2,(H,20,22)(H2,19,21,24). The van der Waals surface area contributed by atoms with E-state index >= 15 is 0 Å². The summed E-state index contributed by atoms with van der Waals surface area (Å²) in [6.45, 7) is -0.255. The monoisotopic (exact) mass is 360 g/mol. The minimum absolute atomic E-state index is 0.211. The lowest BCUT2D eigenvalue weighted by atomic mass is 10.2. The lowest BCUT2D eigenvalue weighted by molar-refractivity contribution is -0.123. The molecule has 24 heavy (non-hydrogen) atoms. The number of para-hydroxylation sites is 1. The van der Waals surface area contributed by atoms with Crippen molar-refractivity contribution in [2.45, 2.75) is 0 Å². The fourth-order valence-corrected chi connectivity index (χ4v) is 1.98. The van der Waals surface area contributed by atoms with Gasteiger partial charge < -0.3 is 10.1 Å². The van der Waals surface area contributed by atoms with Gasteiger partial charge in [0, 0.05) is 10.7 Å². The number of hydrogen-bond acceptors (Lipinski definition) is 4. The Labute approximate surface area is 149 Å². The molecular weight excluding hydrogens is 348 g/mol. The van der Waals surface area contributed by atoms with Crippen LogP contribution in [0, 0.1) is 11.3 Å². The Balaban J connectivity index is 1.75. The van der Waals surface area contributed by atoms with E-state index in [1.165, 1.54) is 0 Å². The number of hydrazine groups is 1. The number of carbonyl (C=O) groups is 1. The largest absolute Gasteiger partial charge is 0.482 e.